The van der Waals surface area contributed by atoms with Crippen molar-refractivity contribution < 1.29 is 14.3 Å². The Bertz CT molecular complexity index is 331. The van der Waals surface area contributed by atoms with Gasteiger partial charge in [-0.05, 0) is 51.5 Å². The molecule has 1 aliphatic carbocycles. The molecule has 0 bridgehead atoms. The van der Waals surface area contributed by atoms with Crippen molar-refractivity contribution in [2.45, 2.75) is 50.1 Å². The first kappa shape index (κ1) is 15.7. The van der Waals surface area contributed by atoms with Crippen molar-refractivity contribution >= 4 is 5.97 Å². The first-order valence-electron chi connectivity index (χ1n) is 7.70. The van der Waals surface area contributed by atoms with E-state index in [1.807, 2.05) is 0 Å². The van der Waals surface area contributed by atoms with Gasteiger partial charge >= 0.3 is 5.97 Å². The summed E-state index contributed by atoms with van der Waals surface area (Å²) in [5.41, 5.74) is 5.45. The van der Waals surface area contributed by atoms with Crippen LogP contribution < -0.4 is 5.73 Å². The lowest BCUT2D eigenvalue weighted by Crippen LogP contribution is -2.56. The fourth-order valence-corrected chi connectivity index (χ4v) is 3.55. The highest BCUT2D eigenvalue weighted by Gasteiger charge is 2.41. The van der Waals surface area contributed by atoms with Gasteiger partial charge in [0.25, 0.3) is 0 Å². The molecule has 116 valence electrons. The fourth-order valence-electron chi connectivity index (χ4n) is 3.55. The van der Waals surface area contributed by atoms with Crippen molar-refractivity contribution in [3.05, 3.63) is 0 Å². The quantitative estimate of drug-likeness (QED) is 0.785. The molecule has 2 N–H and O–H groups in total. The molecule has 1 aliphatic heterocycles. The summed E-state index contributed by atoms with van der Waals surface area (Å²) in [5, 5.41) is 0. The highest BCUT2D eigenvalue weighted by molar-refractivity contribution is 5.80. The molecule has 3 atom stereocenters. The van der Waals surface area contributed by atoms with Crippen LogP contribution in [-0.2, 0) is 14.3 Å². The Labute approximate surface area is 121 Å². The van der Waals surface area contributed by atoms with Crippen LogP contribution in [0.1, 0.15) is 38.5 Å². The zero-order chi connectivity index (χ0) is 14.6. The van der Waals surface area contributed by atoms with Crippen molar-refractivity contribution in [1.82, 2.24) is 4.90 Å². The standard InChI is InChI=1S/C15H28N2O3/c1-17(10-12-5-4-8-20-11-12)13-6-3-7-15(16,9-13)14(18)19-2/h12-13H,3-11,16H2,1-2H3. The van der Waals surface area contributed by atoms with Crippen LogP contribution in [0.3, 0.4) is 0 Å². The molecule has 0 aromatic rings. The lowest BCUT2D eigenvalue weighted by molar-refractivity contribution is -0.149. The second-order valence-electron chi connectivity index (χ2n) is 6.42. The molecule has 20 heavy (non-hydrogen) atoms. The molecule has 2 rings (SSSR count). The van der Waals surface area contributed by atoms with E-state index in [-0.39, 0.29) is 5.97 Å². The maximum Gasteiger partial charge on any atom is 0.325 e. The average Bonchev–Trinajstić information content (AvgIpc) is 2.47. The fraction of sp³-hybridized carbons (Fsp3) is 0.933. The van der Waals surface area contributed by atoms with E-state index in [2.05, 4.69) is 11.9 Å². The molecule has 3 unspecified atom stereocenters. The first-order chi connectivity index (χ1) is 9.55. The minimum atomic E-state index is -0.797. The van der Waals surface area contributed by atoms with Crippen molar-refractivity contribution in [3.63, 3.8) is 0 Å². The number of esters is 1. The summed E-state index contributed by atoms with van der Waals surface area (Å²) in [4.78, 5) is 14.2. The Morgan fingerprint density at radius 3 is 2.90 bits per heavy atom. The van der Waals surface area contributed by atoms with E-state index >= 15 is 0 Å². The maximum absolute atomic E-state index is 11.9. The zero-order valence-corrected chi connectivity index (χ0v) is 12.8. The van der Waals surface area contributed by atoms with Gasteiger partial charge in [0.05, 0.1) is 13.7 Å². The zero-order valence-electron chi connectivity index (χ0n) is 12.8. The third kappa shape index (κ3) is 3.71. The number of hydrogen-bond donors (Lipinski definition) is 1. The van der Waals surface area contributed by atoms with Crippen LogP contribution in [0.4, 0.5) is 0 Å². The van der Waals surface area contributed by atoms with Crippen molar-refractivity contribution in [2.75, 3.05) is 33.9 Å². The second kappa shape index (κ2) is 6.87. The number of ether oxygens (including phenoxy) is 2. The molecule has 1 saturated heterocycles. The molecule has 5 heteroatoms. The van der Waals surface area contributed by atoms with E-state index in [4.69, 9.17) is 15.2 Å². The monoisotopic (exact) mass is 284 g/mol. The lowest BCUT2D eigenvalue weighted by Gasteiger charge is -2.41. The highest BCUT2D eigenvalue weighted by atomic mass is 16.5. The normalized spacial score (nSPS) is 35.0. The number of hydrogen-bond acceptors (Lipinski definition) is 5. The molecule has 1 saturated carbocycles. The third-order valence-corrected chi connectivity index (χ3v) is 4.78. The summed E-state index contributed by atoms with van der Waals surface area (Å²) in [6, 6.07) is 0.370. The number of nitrogens with two attached hydrogens (primary N) is 1. The Kier molecular flexibility index (Phi) is 5.41. The summed E-state index contributed by atoms with van der Waals surface area (Å²) in [6.45, 7) is 2.79. The van der Waals surface area contributed by atoms with Gasteiger partial charge in [0.1, 0.15) is 5.54 Å². The van der Waals surface area contributed by atoms with Gasteiger partial charge in [0.2, 0.25) is 0 Å². The number of carbonyl (C=O) groups excluding carboxylic acids is 1. The van der Waals surface area contributed by atoms with Gasteiger partial charge in [-0.2, -0.15) is 0 Å². The van der Waals surface area contributed by atoms with Crippen LogP contribution in [-0.4, -0.2) is 56.4 Å². The SMILES string of the molecule is COC(=O)C1(N)CCCC(N(C)CC2CCCOC2)C1. The number of rotatable bonds is 4. The Hall–Kier alpha value is -0.650. The van der Waals surface area contributed by atoms with Gasteiger partial charge in [-0.25, -0.2) is 0 Å². The van der Waals surface area contributed by atoms with Crippen LogP contribution in [0.15, 0.2) is 0 Å². The smallest absolute Gasteiger partial charge is 0.325 e. The van der Waals surface area contributed by atoms with Crippen molar-refractivity contribution in [3.8, 4) is 0 Å². The van der Waals surface area contributed by atoms with Crippen LogP contribution in [0.5, 0.6) is 0 Å². The predicted molar refractivity (Wildman–Crippen MR) is 77.4 cm³/mol. The highest BCUT2D eigenvalue weighted by Crippen LogP contribution is 2.30. The largest absolute Gasteiger partial charge is 0.468 e. The Morgan fingerprint density at radius 1 is 1.45 bits per heavy atom. The molecule has 0 spiro atoms. The summed E-state index contributed by atoms with van der Waals surface area (Å²) < 4.78 is 10.4. The van der Waals surface area contributed by atoms with Gasteiger partial charge in [-0.3, -0.25) is 4.79 Å². The Balaban J connectivity index is 1.89. The van der Waals surface area contributed by atoms with Crippen molar-refractivity contribution in [2.24, 2.45) is 11.7 Å². The van der Waals surface area contributed by atoms with Crippen LogP contribution in [0, 0.1) is 5.92 Å². The lowest BCUT2D eigenvalue weighted by atomic mass is 9.79. The van der Waals surface area contributed by atoms with Crippen LogP contribution >= 0.6 is 0 Å². The van der Waals surface area contributed by atoms with Crippen LogP contribution in [0.25, 0.3) is 0 Å². The molecule has 0 amide bonds. The van der Waals surface area contributed by atoms with Gasteiger partial charge < -0.3 is 20.1 Å². The maximum atomic E-state index is 11.9. The van der Waals surface area contributed by atoms with E-state index < -0.39 is 5.54 Å². The molecule has 0 aromatic carbocycles. The van der Waals surface area contributed by atoms with Gasteiger partial charge in [-0.1, -0.05) is 0 Å². The molecular weight excluding hydrogens is 256 g/mol. The summed E-state index contributed by atoms with van der Waals surface area (Å²) in [5.74, 6) is 0.345. The average molecular weight is 284 g/mol. The molecule has 2 fully saturated rings. The molecule has 1 heterocycles. The van der Waals surface area contributed by atoms with E-state index in [1.54, 1.807) is 0 Å². The van der Waals surface area contributed by atoms with Gasteiger partial charge in [-0.15, -0.1) is 0 Å². The Morgan fingerprint density at radius 2 is 2.25 bits per heavy atom. The molecule has 5 nitrogen and oxygen atoms in total. The third-order valence-electron chi connectivity index (χ3n) is 4.78. The molecule has 0 aromatic heterocycles. The minimum Gasteiger partial charge on any atom is -0.468 e. The van der Waals surface area contributed by atoms with Crippen molar-refractivity contribution in [1.29, 1.82) is 0 Å². The minimum absolute atomic E-state index is 0.267. The van der Waals surface area contributed by atoms with Gasteiger partial charge in [0.15, 0.2) is 0 Å². The molecular formula is C15H28N2O3. The summed E-state index contributed by atoms with van der Waals surface area (Å²) >= 11 is 0. The van der Waals surface area contributed by atoms with E-state index in [9.17, 15) is 4.79 Å². The van der Waals surface area contributed by atoms with E-state index in [1.165, 1.54) is 13.5 Å². The van der Waals surface area contributed by atoms with E-state index in [0.717, 1.165) is 45.4 Å². The van der Waals surface area contributed by atoms with E-state index in [0.29, 0.717) is 18.4 Å². The molecule has 0 radical (unpaired) electrons. The summed E-state index contributed by atoms with van der Waals surface area (Å²) in [6.07, 6.45) is 5.93. The van der Waals surface area contributed by atoms with Gasteiger partial charge in [0, 0.05) is 19.2 Å². The first-order valence-corrected chi connectivity index (χ1v) is 7.70. The summed E-state index contributed by atoms with van der Waals surface area (Å²) in [7, 11) is 3.56. The number of carbonyl (C=O) groups is 1. The number of nitrogens with zero attached hydrogens (tertiary/aromatic N) is 1. The second-order valence-corrected chi connectivity index (χ2v) is 6.42. The predicted octanol–water partition coefficient (Wildman–Crippen LogP) is 1.16. The topological polar surface area (TPSA) is 64.8 Å². The number of methoxy groups -OCH3 is 1. The molecule has 2 aliphatic rings. The van der Waals surface area contributed by atoms with Crippen LogP contribution in [0.2, 0.25) is 0 Å².